The van der Waals surface area contributed by atoms with Crippen molar-refractivity contribution in [1.82, 2.24) is 9.80 Å². The van der Waals surface area contributed by atoms with Crippen molar-refractivity contribution in [3.8, 4) is 0 Å². The molecule has 180 valence electrons. The quantitative estimate of drug-likeness (QED) is 0.234. The van der Waals surface area contributed by atoms with Crippen LogP contribution in [0.25, 0.3) is 43.1 Å². The van der Waals surface area contributed by atoms with E-state index in [2.05, 4.69) is 109 Å². The normalized spacial score (nSPS) is 14.3. The van der Waals surface area contributed by atoms with Gasteiger partial charge in [0.05, 0.1) is 0 Å². The van der Waals surface area contributed by atoms with E-state index in [4.69, 9.17) is 0 Å². The topological polar surface area (TPSA) is 23.6 Å². The second kappa shape index (κ2) is 8.94. The molecule has 7 rings (SSSR count). The number of amides is 2. The number of hydrogen-bond acceptors (Lipinski definition) is 1. The van der Waals surface area contributed by atoms with Crippen molar-refractivity contribution >= 4 is 49.1 Å². The lowest BCUT2D eigenvalue weighted by Gasteiger charge is -2.36. The van der Waals surface area contributed by atoms with E-state index >= 15 is 0 Å². The van der Waals surface area contributed by atoms with Crippen LogP contribution in [0.1, 0.15) is 17.5 Å². The Morgan fingerprint density at radius 2 is 0.811 bits per heavy atom. The average Bonchev–Trinajstić information content (AvgIpc) is 2.94. The van der Waals surface area contributed by atoms with Gasteiger partial charge in [0.2, 0.25) is 0 Å². The van der Waals surface area contributed by atoms with Gasteiger partial charge in [0.25, 0.3) is 0 Å². The molecule has 1 heterocycles. The molecule has 0 atom stereocenters. The van der Waals surface area contributed by atoms with Crippen LogP contribution in [-0.4, -0.2) is 28.9 Å². The fourth-order valence-electron chi connectivity index (χ4n) is 6.08. The van der Waals surface area contributed by atoms with E-state index in [9.17, 15) is 4.79 Å². The van der Waals surface area contributed by atoms with Gasteiger partial charge in [-0.15, -0.1) is 0 Å². The molecule has 0 unspecified atom stereocenters. The van der Waals surface area contributed by atoms with Crippen LogP contribution >= 0.6 is 0 Å². The summed E-state index contributed by atoms with van der Waals surface area (Å²) in [5.41, 5.74) is 2.47. The van der Waals surface area contributed by atoms with Crippen LogP contribution < -0.4 is 0 Å². The van der Waals surface area contributed by atoms with E-state index in [1.807, 2.05) is 9.80 Å². The maximum atomic E-state index is 13.9. The monoisotopic (exact) mass is 480 g/mol. The van der Waals surface area contributed by atoms with Crippen LogP contribution in [-0.2, 0) is 13.1 Å². The summed E-state index contributed by atoms with van der Waals surface area (Å²) in [4.78, 5) is 18.0. The van der Waals surface area contributed by atoms with E-state index in [0.717, 1.165) is 19.5 Å². The lowest BCUT2D eigenvalue weighted by molar-refractivity contribution is 0.124. The number of hydrogen-bond donors (Lipinski definition) is 0. The molecule has 0 bridgehead atoms. The van der Waals surface area contributed by atoms with Crippen molar-refractivity contribution in [2.24, 2.45) is 0 Å². The summed E-state index contributed by atoms with van der Waals surface area (Å²) < 4.78 is 0. The number of urea groups is 1. The molecule has 37 heavy (non-hydrogen) atoms. The molecule has 0 radical (unpaired) electrons. The lowest BCUT2D eigenvalue weighted by Crippen LogP contribution is -2.48. The molecule has 6 aromatic rings. The van der Waals surface area contributed by atoms with Crippen LogP contribution in [0.2, 0.25) is 0 Å². The summed E-state index contributed by atoms with van der Waals surface area (Å²) in [5.74, 6) is 0. The second-order valence-electron chi connectivity index (χ2n) is 10.1. The molecule has 0 saturated carbocycles. The van der Waals surface area contributed by atoms with Gasteiger partial charge in [-0.2, -0.15) is 0 Å². The highest BCUT2D eigenvalue weighted by Gasteiger charge is 2.27. The minimum absolute atomic E-state index is 0.125. The molecule has 0 aliphatic carbocycles. The number of fused-ring (bicyclic) bond motifs is 4. The molecule has 1 saturated heterocycles. The molecule has 0 aromatic heterocycles. The minimum atomic E-state index is 0.125. The molecule has 1 fully saturated rings. The summed E-state index contributed by atoms with van der Waals surface area (Å²) in [6, 6.07) is 38.8. The maximum absolute atomic E-state index is 13.9. The second-order valence-corrected chi connectivity index (χ2v) is 10.1. The first kappa shape index (κ1) is 21.9. The molecular formula is C34H28N2O. The van der Waals surface area contributed by atoms with E-state index < -0.39 is 0 Å². The summed E-state index contributed by atoms with van der Waals surface area (Å²) >= 11 is 0. The molecule has 0 N–H and O–H groups in total. The number of benzene rings is 6. The Bertz CT molecular complexity index is 1570. The largest absolute Gasteiger partial charge is 0.320 e. The fourth-order valence-corrected chi connectivity index (χ4v) is 6.08. The molecule has 1 aliphatic heterocycles. The standard InChI is InChI=1S/C34H28N2O/c37-34-35(22-32-28-14-5-1-10-24(28)20-25-11-2-6-15-29(25)32)18-9-19-36(34)23-33-30-16-7-3-12-26(30)21-27-13-4-8-17-31(27)33/h1-8,10-17,20-21H,9,18-19,22-23H2. The first-order chi connectivity index (χ1) is 18.3. The van der Waals surface area contributed by atoms with Crippen molar-refractivity contribution in [2.75, 3.05) is 13.1 Å². The van der Waals surface area contributed by atoms with Crippen LogP contribution in [0.15, 0.2) is 109 Å². The average molecular weight is 481 g/mol. The van der Waals surface area contributed by atoms with Gasteiger partial charge in [-0.05, 0) is 72.8 Å². The van der Waals surface area contributed by atoms with E-state index in [0.29, 0.717) is 13.1 Å². The third kappa shape index (κ3) is 3.79. The SMILES string of the molecule is O=C1N(Cc2c3ccccc3cc3ccccc23)CCCN1Cc1c2ccccc2cc2ccccc12. The van der Waals surface area contributed by atoms with Crippen LogP contribution in [0.4, 0.5) is 4.79 Å². The van der Waals surface area contributed by atoms with Gasteiger partial charge in [-0.25, -0.2) is 4.79 Å². The van der Waals surface area contributed by atoms with Crippen molar-refractivity contribution in [1.29, 1.82) is 0 Å². The first-order valence-corrected chi connectivity index (χ1v) is 13.1. The van der Waals surface area contributed by atoms with Crippen LogP contribution in [0, 0.1) is 0 Å². The Kier molecular flexibility index (Phi) is 5.28. The van der Waals surface area contributed by atoms with Gasteiger partial charge in [-0.3, -0.25) is 0 Å². The predicted octanol–water partition coefficient (Wildman–Crippen LogP) is 8.13. The molecule has 2 amide bonds. The van der Waals surface area contributed by atoms with Gasteiger partial charge < -0.3 is 9.80 Å². The minimum Gasteiger partial charge on any atom is -0.320 e. The van der Waals surface area contributed by atoms with Gasteiger partial charge >= 0.3 is 6.03 Å². The first-order valence-electron chi connectivity index (χ1n) is 13.1. The highest BCUT2D eigenvalue weighted by Crippen LogP contribution is 2.32. The predicted molar refractivity (Wildman–Crippen MR) is 154 cm³/mol. The zero-order valence-electron chi connectivity index (χ0n) is 20.7. The lowest BCUT2D eigenvalue weighted by atomic mass is 9.95. The number of carbonyl (C=O) groups excluding carboxylic acids is 1. The van der Waals surface area contributed by atoms with E-state index in [1.54, 1.807) is 0 Å². The summed E-state index contributed by atoms with van der Waals surface area (Å²) in [6.45, 7) is 2.80. The molecular weight excluding hydrogens is 452 g/mol. The van der Waals surface area contributed by atoms with Crippen molar-refractivity contribution in [3.63, 3.8) is 0 Å². The Labute approximate surface area is 216 Å². The zero-order valence-corrected chi connectivity index (χ0v) is 20.7. The fraction of sp³-hybridized carbons (Fsp3) is 0.147. The van der Waals surface area contributed by atoms with Gasteiger partial charge in [0, 0.05) is 26.2 Å². The molecule has 6 aromatic carbocycles. The Morgan fingerprint density at radius 1 is 0.486 bits per heavy atom. The summed E-state index contributed by atoms with van der Waals surface area (Å²) in [5, 5.41) is 9.80. The Balaban J connectivity index is 1.27. The van der Waals surface area contributed by atoms with Gasteiger partial charge in [0.1, 0.15) is 0 Å². The molecule has 0 spiro atoms. The third-order valence-electron chi connectivity index (χ3n) is 7.86. The number of rotatable bonds is 4. The summed E-state index contributed by atoms with van der Waals surface area (Å²) in [6.07, 6.45) is 0.969. The summed E-state index contributed by atoms with van der Waals surface area (Å²) in [7, 11) is 0. The van der Waals surface area contributed by atoms with Gasteiger partial charge in [0.15, 0.2) is 0 Å². The van der Waals surface area contributed by atoms with Crippen molar-refractivity contribution in [3.05, 3.63) is 120 Å². The smallest absolute Gasteiger partial charge is 0.320 e. The number of nitrogens with zero attached hydrogens (tertiary/aromatic N) is 2. The number of carbonyl (C=O) groups is 1. The van der Waals surface area contributed by atoms with E-state index in [-0.39, 0.29) is 6.03 Å². The van der Waals surface area contributed by atoms with Crippen LogP contribution in [0.3, 0.4) is 0 Å². The van der Waals surface area contributed by atoms with Crippen molar-refractivity contribution in [2.45, 2.75) is 19.5 Å². The highest BCUT2D eigenvalue weighted by atomic mass is 16.2. The molecule has 3 heteroatoms. The highest BCUT2D eigenvalue weighted by molar-refractivity contribution is 6.03. The maximum Gasteiger partial charge on any atom is 0.320 e. The van der Waals surface area contributed by atoms with E-state index in [1.165, 1.54) is 54.2 Å². The Hall–Kier alpha value is -4.37. The molecule has 1 aliphatic rings. The molecule has 3 nitrogen and oxygen atoms in total. The Morgan fingerprint density at radius 3 is 1.16 bits per heavy atom. The zero-order chi connectivity index (χ0) is 24.8. The van der Waals surface area contributed by atoms with Crippen LogP contribution in [0.5, 0.6) is 0 Å². The third-order valence-corrected chi connectivity index (χ3v) is 7.86. The van der Waals surface area contributed by atoms with Gasteiger partial charge in [-0.1, -0.05) is 97.1 Å². The van der Waals surface area contributed by atoms with Crippen molar-refractivity contribution < 1.29 is 4.79 Å².